The van der Waals surface area contributed by atoms with E-state index in [4.69, 9.17) is 13.9 Å². The summed E-state index contributed by atoms with van der Waals surface area (Å²) in [5.41, 5.74) is 2.95. The number of amides is 1. The monoisotopic (exact) mass is 395 g/mol. The highest BCUT2D eigenvalue weighted by Gasteiger charge is 2.18. The topological polar surface area (TPSA) is 77.8 Å². The molecule has 152 valence electrons. The van der Waals surface area contributed by atoms with E-state index in [0.29, 0.717) is 35.4 Å². The van der Waals surface area contributed by atoms with E-state index < -0.39 is 5.63 Å². The Morgan fingerprint density at radius 3 is 2.52 bits per heavy atom. The number of aryl methyl sites for hydroxylation is 2. The molecule has 0 atom stereocenters. The second kappa shape index (κ2) is 8.82. The van der Waals surface area contributed by atoms with E-state index in [9.17, 15) is 9.59 Å². The Bertz CT molecular complexity index is 1100. The average Bonchev–Trinajstić information content (AvgIpc) is 2.70. The smallest absolute Gasteiger partial charge is 0.340 e. The van der Waals surface area contributed by atoms with Crippen LogP contribution < -0.4 is 20.4 Å². The van der Waals surface area contributed by atoms with E-state index in [2.05, 4.69) is 5.32 Å². The molecule has 0 saturated carbocycles. The Hall–Kier alpha value is -3.28. The van der Waals surface area contributed by atoms with Crippen molar-refractivity contribution in [3.05, 3.63) is 69.1 Å². The Balaban J connectivity index is 1.76. The zero-order valence-electron chi connectivity index (χ0n) is 17.1. The van der Waals surface area contributed by atoms with Crippen LogP contribution in [-0.4, -0.2) is 26.7 Å². The van der Waals surface area contributed by atoms with Gasteiger partial charge in [-0.15, -0.1) is 0 Å². The number of nitrogens with one attached hydrogen (secondary N) is 1. The van der Waals surface area contributed by atoms with Crippen LogP contribution in [-0.2, 0) is 17.6 Å². The van der Waals surface area contributed by atoms with E-state index in [1.165, 1.54) is 0 Å². The zero-order chi connectivity index (χ0) is 21.0. The van der Waals surface area contributed by atoms with Crippen LogP contribution in [0.2, 0.25) is 0 Å². The third kappa shape index (κ3) is 4.42. The van der Waals surface area contributed by atoms with Gasteiger partial charge in [-0.05, 0) is 55.2 Å². The van der Waals surface area contributed by atoms with Gasteiger partial charge in [0.1, 0.15) is 17.1 Å². The van der Waals surface area contributed by atoms with Gasteiger partial charge in [-0.2, -0.15) is 0 Å². The number of para-hydroxylation sites is 1. The Labute approximate surface area is 169 Å². The van der Waals surface area contributed by atoms with Crippen LogP contribution in [0.15, 0.2) is 45.6 Å². The minimum absolute atomic E-state index is 0.0485. The molecule has 3 aromatic rings. The molecular formula is C23H25NO5. The van der Waals surface area contributed by atoms with E-state index in [-0.39, 0.29) is 12.3 Å². The van der Waals surface area contributed by atoms with E-state index >= 15 is 0 Å². The summed E-state index contributed by atoms with van der Waals surface area (Å²) in [4.78, 5) is 24.9. The van der Waals surface area contributed by atoms with Gasteiger partial charge in [0.25, 0.3) is 0 Å². The molecule has 0 aliphatic heterocycles. The number of methoxy groups -OCH3 is 2. The van der Waals surface area contributed by atoms with E-state index in [0.717, 1.165) is 22.3 Å². The molecule has 3 rings (SSSR count). The molecular weight excluding hydrogens is 370 g/mol. The van der Waals surface area contributed by atoms with Gasteiger partial charge in [0.15, 0.2) is 0 Å². The summed E-state index contributed by atoms with van der Waals surface area (Å²) >= 11 is 0. The summed E-state index contributed by atoms with van der Waals surface area (Å²) in [6.07, 6.45) is 0.585. The van der Waals surface area contributed by atoms with Crippen LogP contribution >= 0.6 is 0 Å². The maximum Gasteiger partial charge on any atom is 0.340 e. The second-order valence-corrected chi connectivity index (χ2v) is 6.92. The van der Waals surface area contributed by atoms with Crippen molar-refractivity contribution in [1.29, 1.82) is 0 Å². The van der Waals surface area contributed by atoms with Crippen molar-refractivity contribution >= 4 is 16.9 Å². The summed E-state index contributed by atoms with van der Waals surface area (Å²) in [6, 6.07) is 11.4. The third-order valence-electron chi connectivity index (χ3n) is 4.95. The van der Waals surface area contributed by atoms with E-state index in [1.807, 2.05) is 44.2 Å². The Morgan fingerprint density at radius 2 is 1.79 bits per heavy atom. The summed E-state index contributed by atoms with van der Waals surface area (Å²) in [7, 11) is 3.19. The minimum atomic E-state index is -0.498. The van der Waals surface area contributed by atoms with Crippen LogP contribution in [0.4, 0.5) is 0 Å². The lowest BCUT2D eigenvalue weighted by Crippen LogP contribution is -2.29. The van der Waals surface area contributed by atoms with Crippen LogP contribution in [0, 0.1) is 13.8 Å². The van der Waals surface area contributed by atoms with Crippen molar-refractivity contribution in [1.82, 2.24) is 5.32 Å². The molecule has 1 amide bonds. The first kappa shape index (κ1) is 20.5. The molecule has 29 heavy (non-hydrogen) atoms. The van der Waals surface area contributed by atoms with Gasteiger partial charge in [-0.1, -0.05) is 18.2 Å². The average molecular weight is 395 g/mol. The standard InChI is InChI=1S/C23H25NO5/c1-14-11-19(28-4)22-15(2)17(23(26)29-20(22)12-14)13-21(25)24-10-9-16-7-5-6-8-18(16)27-3/h5-8,11-12H,9-10,13H2,1-4H3,(H,24,25). The number of rotatable bonds is 7. The molecule has 0 radical (unpaired) electrons. The van der Waals surface area contributed by atoms with Crippen LogP contribution in [0.3, 0.4) is 0 Å². The highest BCUT2D eigenvalue weighted by Crippen LogP contribution is 2.30. The van der Waals surface area contributed by atoms with Crippen molar-refractivity contribution < 1.29 is 18.7 Å². The summed E-state index contributed by atoms with van der Waals surface area (Å²) in [5.74, 6) is 1.18. The zero-order valence-corrected chi connectivity index (χ0v) is 17.1. The number of carbonyl (C=O) groups excluding carboxylic acids is 1. The molecule has 0 fully saturated rings. The maximum absolute atomic E-state index is 12.5. The Morgan fingerprint density at radius 1 is 1.07 bits per heavy atom. The highest BCUT2D eigenvalue weighted by molar-refractivity contribution is 5.89. The molecule has 1 N–H and O–H groups in total. The van der Waals surface area contributed by atoms with Crippen LogP contribution in [0.5, 0.6) is 11.5 Å². The number of fused-ring (bicyclic) bond motifs is 1. The third-order valence-corrected chi connectivity index (χ3v) is 4.95. The second-order valence-electron chi connectivity index (χ2n) is 6.92. The first-order valence-electron chi connectivity index (χ1n) is 9.44. The fourth-order valence-electron chi connectivity index (χ4n) is 3.47. The lowest BCUT2D eigenvalue weighted by Gasteiger charge is -2.12. The van der Waals surface area contributed by atoms with Gasteiger partial charge >= 0.3 is 5.63 Å². The summed E-state index contributed by atoms with van der Waals surface area (Å²) < 4.78 is 16.2. The van der Waals surface area contributed by atoms with Crippen molar-refractivity contribution in [3.63, 3.8) is 0 Å². The first-order chi connectivity index (χ1) is 13.9. The molecule has 0 aliphatic rings. The maximum atomic E-state index is 12.5. The molecule has 1 heterocycles. The minimum Gasteiger partial charge on any atom is -0.496 e. The predicted octanol–water partition coefficient (Wildman–Crippen LogP) is 3.33. The lowest BCUT2D eigenvalue weighted by atomic mass is 10.0. The SMILES string of the molecule is COc1ccccc1CCNC(=O)Cc1c(C)c2c(OC)cc(C)cc2oc1=O. The fourth-order valence-corrected chi connectivity index (χ4v) is 3.47. The van der Waals surface area contributed by atoms with Crippen LogP contribution in [0.25, 0.3) is 11.0 Å². The number of benzene rings is 2. The Kier molecular flexibility index (Phi) is 6.22. The number of carbonyl (C=O) groups is 1. The molecule has 2 aromatic carbocycles. The number of hydrogen-bond acceptors (Lipinski definition) is 5. The molecule has 1 aromatic heterocycles. The van der Waals surface area contributed by atoms with Crippen molar-refractivity contribution in [2.75, 3.05) is 20.8 Å². The molecule has 6 heteroatoms. The largest absolute Gasteiger partial charge is 0.496 e. The quantitative estimate of drug-likeness (QED) is 0.621. The normalized spacial score (nSPS) is 10.8. The number of ether oxygens (including phenoxy) is 2. The number of hydrogen-bond donors (Lipinski definition) is 1. The summed E-state index contributed by atoms with van der Waals surface area (Å²) in [5, 5.41) is 3.58. The predicted molar refractivity (Wildman–Crippen MR) is 112 cm³/mol. The fraction of sp³-hybridized carbons (Fsp3) is 0.304. The highest BCUT2D eigenvalue weighted by atomic mass is 16.5. The molecule has 0 saturated heterocycles. The van der Waals surface area contributed by atoms with E-state index in [1.54, 1.807) is 20.3 Å². The van der Waals surface area contributed by atoms with Gasteiger partial charge in [-0.3, -0.25) is 4.79 Å². The molecule has 0 bridgehead atoms. The van der Waals surface area contributed by atoms with Gasteiger partial charge < -0.3 is 19.2 Å². The van der Waals surface area contributed by atoms with Crippen molar-refractivity contribution in [2.24, 2.45) is 0 Å². The summed E-state index contributed by atoms with van der Waals surface area (Å²) in [6.45, 7) is 4.16. The van der Waals surface area contributed by atoms with Crippen molar-refractivity contribution in [3.8, 4) is 11.5 Å². The molecule has 0 unspecified atom stereocenters. The van der Waals surface area contributed by atoms with Gasteiger partial charge in [-0.25, -0.2) is 4.79 Å². The molecule has 0 spiro atoms. The first-order valence-corrected chi connectivity index (χ1v) is 9.44. The van der Waals surface area contributed by atoms with Gasteiger partial charge in [0, 0.05) is 6.54 Å². The van der Waals surface area contributed by atoms with Gasteiger partial charge in [0.05, 0.1) is 31.6 Å². The molecule has 6 nitrogen and oxygen atoms in total. The molecule has 0 aliphatic carbocycles. The van der Waals surface area contributed by atoms with Gasteiger partial charge in [0.2, 0.25) is 5.91 Å². The lowest BCUT2D eigenvalue weighted by molar-refractivity contribution is -0.120. The van der Waals surface area contributed by atoms with Crippen LogP contribution in [0.1, 0.15) is 22.3 Å². The van der Waals surface area contributed by atoms with Crippen molar-refractivity contribution in [2.45, 2.75) is 26.7 Å².